The maximum Gasteiger partial charge on any atom is 0.358 e. The van der Waals surface area contributed by atoms with Gasteiger partial charge in [-0.3, -0.25) is 4.40 Å². The van der Waals surface area contributed by atoms with E-state index in [9.17, 15) is 4.79 Å². The van der Waals surface area contributed by atoms with Gasteiger partial charge in [-0.2, -0.15) is 0 Å². The highest BCUT2D eigenvalue weighted by atomic mass is 16.5. The van der Waals surface area contributed by atoms with Gasteiger partial charge < -0.3 is 9.64 Å². The molecule has 0 amide bonds. The lowest BCUT2D eigenvalue weighted by molar-refractivity contribution is 0.0520. The molecule has 0 atom stereocenters. The molecule has 2 aromatic heterocycles. The van der Waals surface area contributed by atoms with Crippen LogP contribution in [-0.4, -0.2) is 47.3 Å². The van der Waals surface area contributed by atoms with Gasteiger partial charge in [-0.05, 0) is 19.1 Å². The van der Waals surface area contributed by atoms with Crippen molar-refractivity contribution in [2.24, 2.45) is 4.99 Å². The van der Waals surface area contributed by atoms with Gasteiger partial charge in [-0.15, -0.1) is 0 Å². The summed E-state index contributed by atoms with van der Waals surface area (Å²) in [4.78, 5) is 22.0. The molecule has 0 bridgehead atoms. The number of rotatable bonds is 4. The van der Waals surface area contributed by atoms with Crippen LogP contribution in [-0.2, 0) is 4.74 Å². The summed E-state index contributed by atoms with van der Waals surface area (Å²) in [6.07, 6.45) is 3.33. The highest BCUT2D eigenvalue weighted by molar-refractivity contribution is 5.88. The molecule has 0 radical (unpaired) electrons. The number of nitrogens with zero attached hydrogens (tertiary/aromatic N) is 4. The zero-order valence-electron chi connectivity index (χ0n) is 11.2. The van der Waals surface area contributed by atoms with E-state index in [0.717, 1.165) is 0 Å². The third-order valence-electron chi connectivity index (χ3n) is 2.38. The summed E-state index contributed by atoms with van der Waals surface area (Å²) in [6, 6.07) is 5.51. The molecule has 6 nitrogen and oxygen atoms in total. The van der Waals surface area contributed by atoms with Gasteiger partial charge in [0.25, 0.3) is 0 Å². The lowest BCUT2D eigenvalue weighted by Crippen LogP contribution is -2.07. The van der Waals surface area contributed by atoms with Gasteiger partial charge >= 0.3 is 5.97 Å². The molecule has 0 unspecified atom stereocenters. The number of carbonyl (C=O) groups is 1. The van der Waals surface area contributed by atoms with Gasteiger partial charge in [0.15, 0.2) is 5.69 Å². The molecule has 0 aliphatic heterocycles. The Morgan fingerprint density at radius 1 is 1.53 bits per heavy atom. The molecule has 0 N–H and O–H groups in total. The van der Waals surface area contributed by atoms with Crippen molar-refractivity contribution >= 4 is 23.8 Å². The Balaban J connectivity index is 2.42. The number of ether oxygens (including phenoxy) is 1. The van der Waals surface area contributed by atoms with Gasteiger partial charge in [-0.25, -0.2) is 14.8 Å². The minimum atomic E-state index is -0.422. The van der Waals surface area contributed by atoms with Crippen LogP contribution in [0.25, 0.3) is 5.65 Å². The predicted octanol–water partition coefficient (Wildman–Crippen LogP) is 1.73. The van der Waals surface area contributed by atoms with Crippen LogP contribution < -0.4 is 0 Å². The lowest BCUT2D eigenvalue weighted by Gasteiger charge is -2.03. The number of aromatic nitrogens is 2. The number of aliphatic imine (C=N–C) groups is 1. The summed E-state index contributed by atoms with van der Waals surface area (Å²) in [5.41, 5.74) is 0.950. The fourth-order valence-electron chi connectivity index (χ4n) is 1.58. The van der Waals surface area contributed by atoms with Crippen LogP contribution in [0.2, 0.25) is 0 Å². The second-order valence-corrected chi connectivity index (χ2v) is 4.17. The summed E-state index contributed by atoms with van der Waals surface area (Å²) < 4.78 is 6.69. The average molecular weight is 260 g/mol. The molecule has 0 aliphatic rings. The zero-order chi connectivity index (χ0) is 13.8. The highest BCUT2D eigenvalue weighted by Gasteiger charge is 2.12. The van der Waals surface area contributed by atoms with Crippen molar-refractivity contribution in [3.05, 3.63) is 30.1 Å². The van der Waals surface area contributed by atoms with Crippen molar-refractivity contribution in [1.29, 1.82) is 0 Å². The van der Waals surface area contributed by atoms with Crippen molar-refractivity contribution in [3.63, 3.8) is 0 Å². The number of imidazole rings is 1. The lowest BCUT2D eigenvalue weighted by atomic mass is 10.4. The minimum Gasteiger partial charge on any atom is -0.461 e. The number of esters is 1. The van der Waals surface area contributed by atoms with E-state index in [1.807, 2.05) is 37.2 Å². The number of pyridine rings is 1. The molecule has 0 fully saturated rings. The Morgan fingerprint density at radius 3 is 3.00 bits per heavy atom. The molecule has 0 saturated heterocycles. The van der Waals surface area contributed by atoms with Crippen LogP contribution in [0.1, 0.15) is 17.4 Å². The molecular formula is C13H16N4O2. The largest absolute Gasteiger partial charge is 0.461 e. The van der Waals surface area contributed by atoms with E-state index < -0.39 is 5.97 Å². The molecule has 19 heavy (non-hydrogen) atoms. The van der Waals surface area contributed by atoms with E-state index in [4.69, 9.17) is 4.74 Å². The van der Waals surface area contributed by atoms with Crippen molar-refractivity contribution in [1.82, 2.24) is 14.3 Å². The Hall–Kier alpha value is -2.37. The van der Waals surface area contributed by atoms with Crippen LogP contribution >= 0.6 is 0 Å². The summed E-state index contributed by atoms with van der Waals surface area (Å²) in [5.74, 6) is 0.281. The fourth-order valence-corrected chi connectivity index (χ4v) is 1.58. The average Bonchev–Trinajstić information content (AvgIpc) is 2.80. The van der Waals surface area contributed by atoms with Crippen LogP contribution in [0.15, 0.2) is 29.4 Å². The standard InChI is InChI=1S/C13H16N4O2/c1-4-19-13(18)10-8-17-11(14-9-16(2)3)6-5-7-12(17)15-10/h5-9H,4H2,1-3H3. The molecule has 0 aliphatic carbocycles. The predicted molar refractivity (Wildman–Crippen MR) is 73.0 cm³/mol. The van der Waals surface area contributed by atoms with E-state index in [1.165, 1.54) is 0 Å². The summed E-state index contributed by atoms with van der Waals surface area (Å²) in [6.45, 7) is 2.10. The number of fused-ring (bicyclic) bond motifs is 1. The summed E-state index contributed by atoms with van der Waals surface area (Å²) in [5, 5.41) is 0. The normalized spacial score (nSPS) is 11.1. The fraction of sp³-hybridized carbons (Fsp3) is 0.308. The van der Waals surface area contributed by atoms with E-state index >= 15 is 0 Å². The maximum atomic E-state index is 11.6. The van der Waals surface area contributed by atoms with Gasteiger partial charge in [0.2, 0.25) is 0 Å². The Labute approximate surface area is 111 Å². The quantitative estimate of drug-likeness (QED) is 0.477. The number of hydrogen-bond acceptors (Lipinski definition) is 4. The molecule has 6 heteroatoms. The molecule has 100 valence electrons. The maximum absolute atomic E-state index is 11.6. The van der Waals surface area contributed by atoms with E-state index in [0.29, 0.717) is 18.1 Å². The Kier molecular flexibility index (Phi) is 3.79. The number of carbonyl (C=O) groups excluding carboxylic acids is 1. The second-order valence-electron chi connectivity index (χ2n) is 4.17. The number of hydrogen-bond donors (Lipinski definition) is 0. The van der Waals surface area contributed by atoms with Crippen molar-refractivity contribution in [3.8, 4) is 0 Å². The van der Waals surface area contributed by atoms with E-state index in [-0.39, 0.29) is 5.69 Å². The molecule has 0 saturated carbocycles. The molecule has 0 spiro atoms. The molecule has 2 aromatic rings. The Bertz CT molecular complexity index is 616. The van der Waals surface area contributed by atoms with Gasteiger partial charge in [-0.1, -0.05) is 6.07 Å². The highest BCUT2D eigenvalue weighted by Crippen LogP contribution is 2.16. The second kappa shape index (κ2) is 5.51. The van der Waals surface area contributed by atoms with Crippen LogP contribution in [0, 0.1) is 0 Å². The first-order valence-electron chi connectivity index (χ1n) is 5.97. The first-order valence-corrected chi connectivity index (χ1v) is 5.97. The smallest absolute Gasteiger partial charge is 0.358 e. The van der Waals surface area contributed by atoms with Crippen molar-refractivity contribution in [2.75, 3.05) is 20.7 Å². The van der Waals surface area contributed by atoms with Gasteiger partial charge in [0.1, 0.15) is 11.5 Å². The van der Waals surface area contributed by atoms with Crippen LogP contribution in [0.3, 0.4) is 0 Å². The van der Waals surface area contributed by atoms with Crippen LogP contribution in [0.5, 0.6) is 0 Å². The van der Waals surface area contributed by atoms with E-state index in [1.54, 1.807) is 23.9 Å². The summed E-state index contributed by atoms with van der Waals surface area (Å²) in [7, 11) is 3.78. The first kappa shape index (κ1) is 13.1. The van der Waals surface area contributed by atoms with Gasteiger partial charge in [0.05, 0.1) is 12.9 Å². The molecule has 2 rings (SSSR count). The molecule has 0 aromatic carbocycles. The monoisotopic (exact) mass is 260 g/mol. The third kappa shape index (κ3) is 2.90. The van der Waals surface area contributed by atoms with Gasteiger partial charge in [0, 0.05) is 20.3 Å². The molecular weight excluding hydrogens is 244 g/mol. The van der Waals surface area contributed by atoms with Crippen molar-refractivity contribution in [2.45, 2.75) is 6.92 Å². The van der Waals surface area contributed by atoms with Crippen molar-refractivity contribution < 1.29 is 9.53 Å². The van der Waals surface area contributed by atoms with E-state index in [2.05, 4.69) is 9.98 Å². The first-order chi connectivity index (χ1) is 9.11. The SMILES string of the molecule is CCOC(=O)c1cn2c(N=CN(C)C)cccc2n1. The summed E-state index contributed by atoms with van der Waals surface area (Å²) >= 11 is 0. The Morgan fingerprint density at radius 2 is 2.32 bits per heavy atom. The third-order valence-corrected chi connectivity index (χ3v) is 2.38. The molecule has 2 heterocycles. The zero-order valence-corrected chi connectivity index (χ0v) is 11.2. The minimum absolute atomic E-state index is 0.286. The van der Waals surface area contributed by atoms with Crippen LogP contribution in [0.4, 0.5) is 5.82 Å². The topological polar surface area (TPSA) is 59.2 Å².